The van der Waals surface area contributed by atoms with Gasteiger partial charge in [0.1, 0.15) is 0 Å². The van der Waals surface area contributed by atoms with Gasteiger partial charge in [-0.2, -0.15) is 0 Å². The fraction of sp³-hybridized carbons (Fsp3) is 0.375. The molecule has 4 heteroatoms. The first-order valence-electron chi connectivity index (χ1n) is 7.09. The number of fused-ring (bicyclic) bond motifs is 1. The van der Waals surface area contributed by atoms with Crippen molar-refractivity contribution in [2.75, 3.05) is 18.4 Å². The lowest BCUT2D eigenvalue weighted by Gasteiger charge is -2.32. The number of anilines is 1. The van der Waals surface area contributed by atoms with Crippen LogP contribution in [0.5, 0.6) is 0 Å². The summed E-state index contributed by atoms with van der Waals surface area (Å²) in [6.07, 6.45) is 5.71. The molecule has 0 unspecified atom stereocenters. The summed E-state index contributed by atoms with van der Waals surface area (Å²) in [6, 6.07) is 8.72. The number of rotatable bonds is 2. The maximum atomic E-state index is 11.3. The first kappa shape index (κ1) is 12.9. The molecular formula is C16H19N3O. The van der Waals surface area contributed by atoms with E-state index in [1.54, 1.807) is 6.92 Å². The fourth-order valence-electron chi connectivity index (χ4n) is 2.80. The van der Waals surface area contributed by atoms with Crippen LogP contribution in [0.1, 0.15) is 19.8 Å². The highest BCUT2D eigenvalue weighted by atomic mass is 16.2. The Morgan fingerprint density at radius 1 is 1.30 bits per heavy atom. The van der Waals surface area contributed by atoms with Gasteiger partial charge < -0.3 is 10.2 Å². The SMILES string of the molecule is CC(=O)N1CCC(Nc2cccc3ccncc23)CC1. The molecule has 20 heavy (non-hydrogen) atoms. The fourth-order valence-corrected chi connectivity index (χ4v) is 2.80. The van der Waals surface area contributed by atoms with Crippen molar-refractivity contribution >= 4 is 22.4 Å². The van der Waals surface area contributed by atoms with Crippen molar-refractivity contribution in [1.29, 1.82) is 0 Å². The van der Waals surface area contributed by atoms with Crippen LogP contribution in [0.25, 0.3) is 10.8 Å². The van der Waals surface area contributed by atoms with Gasteiger partial charge in [-0.3, -0.25) is 9.78 Å². The number of piperidine rings is 1. The lowest BCUT2D eigenvalue weighted by molar-refractivity contribution is -0.129. The standard InChI is InChI=1S/C16H19N3O/c1-12(20)19-9-6-14(7-10-19)18-16-4-2-3-13-5-8-17-11-15(13)16/h2-5,8,11,14,18H,6-7,9-10H2,1H3. The monoisotopic (exact) mass is 269 g/mol. The van der Waals surface area contributed by atoms with Gasteiger partial charge in [-0.1, -0.05) is 12.1 Å². The molecule has 1 fully saturated rings. The summed E-state index contributed by atoms with van der Waals surface area (Å²) in [5.41, 5.74) is 1.14. The average Bonchev–Trinajstić information content (AvgIpc) is 2.48. The minimum Gasteiger partial charge on any atom is -0.382 e. The number of nitrogens with one attached hydrogen (secondary N) is 1. The lowest BCUT2D eigenvalue weighted by atomic mass is 10.0. The Labute approximate surface area is 118 Å². The quantitative estimate of drug-likeness (QED) is 0.911. The molecule has 1 aromatic heterocycles. The van der Waals surface area contributed by atoms with Crippen molar-refractivity contribution < 1.29 is 4.79 Å². The van der Waals surface area contributed by atoms with Crippen LogP contribution in [0, 0.1) is 0 Å². The van der Waals surface area contributed by atoms with Crippen molar-refractivity contribution in [2.24, 2.45) is 0 Å². The Morgan fingerprint density at radius 3 is 2.85 bits per heavy atom. The van der Waals surface area contributed by atoms with E-state index in [0.717, 1.165) is 37.0 Å². The van der Waals surface area contributed by atoms with Crippen LogP contribution in [0.2, 0.25) is 0 Å². The van der Waals surface area contributed by atoms with Crippen LogP contribution in [0.3, 0.4) is 0 Å². The smallest absolute Gasteiger partial charge is 0.219 e. The molecule has 1 aliphatic rings. The van der Waals surface area contributed by atoms with Gasteiger partial charge in [-0.25, -0.2) is 0 Å². The third kappa shape index (κ3) is 2.59. The second kappa shape index (κ2) is 5.49. The molecule has 2 aromatic rings. The van der Waals surface area contributed by atoms with Gasteiger partial charge in [0.2, 0.25) is 5.91 Å². The summed E-state index contributed by atoms with van der Waals surface area (Å²) in [7, 11) is 0. The first-order valence-corrected chi connectivity index (χ1v) is 7.09. The third-order valence-corrected chi connectivity index (χ3v) is 3.98. The highest BCUT2D eigenvalue weighted by Gasteiger charge is 2.20. The van der Waals surface area contributed by atoms with E-state index in [1.165, 1.54) is 5.39 Å². The summed E-state index contributed by atoms with van der Waals surface area (Å²) in [4.78, 5) is 17.5. The molecule has 0 saturated carbocycles. The predicted molar refractivity (Wildman–Crippen MR) is 80.6 cm³/mol. The van der Waals surface area contributed by atoms with Gasteiger partial charge in [0.05, 0.1) is 0 Å². The molecule has 0 spiro atoms. The number of pyridine rings is 1. The summed E-state index contributed by atoms with van der Waals surface area (Å²) in [5, 5.41) is 5.96. The van der Waals surface area contributed by atoms with E-state index >= 15 is 0 Å². The van der Waals surface area contributed by atoms with Gasteiger partial charge in [0.25, 0.3) is 0 Å². The number of carbonyl (C=O) groups is 1. The number of nitrogens with zero attached hydrogens (tertiary/aromatic N) is 2. The number of hydrogen-bond donors (Lipinski definition) is 1. The molecule has 2 heterocycles. The van der Waals surface area contributed by atoms with Crippen LogP contribution in [0.4, 0.5) is 5.69 Å². The number of likely N-dealkylation sites (tertiary alicyclic amines) is 1. The van der Waals surface area contributed by atoms with Crippen molar-refractivity contribution in [3.63, 3.8) is 0 Å². The molecule has 1 saturated heterocycles. The number of hydrogen-bond acceptors (Lipinski definition) is 3. The number of benzene rings is 1. The molecule has 4 nitrogen and oxygen atoms in total. The van der Waals surface area contributed by atoms with E-state index in [2.05, 4.69) is 28.5 Å². The topological polar surface area (TPSA) is 45.2 Å². The van der Waals surface area contributed by atoms with Gasteiger partial charge in [-0.15, -0.1) is 0 Å². The molecule has 104 valence electrons. The van der Waals surface area contributed by atoms with Crippen molar-refractivity contribution in [1.82, 2.24) is 9.88 Å². The largest absolute Gasteiger partial charge is 0.382 e. The normalized spacial score (nSPS) is 16.4. The van der Waals surface area contributed by atoms with Crippen LogP contribution < -0.4 is 5.32 Å². The molecular weight excluding hydrogens is 250 g/mol. The highest BCUT2D eigenvalue weighted by molar-refractivity contribution is 5.93. The van der Waals surface area contributed by atoms with Gasteiger partial charge in [-0.05, 0) is 30.4 Å². The van der Waals surface area contributed by atoms with Gasteiger partial charge in [0.15, 0.2) is 0 Å². The van der Waals surface area contributed by atoms with E-state index < -0.39 is 0 Å². The molecule has 0 bridgehead atoms. The van der Waals surface area contributed by atoms with E-state index in [0.29, 0.717) is 6.04 Å². The Morgan fingerprint density at radius 2 is 2.10 bits per heavy atom. The van der Waals surface area contributed by atoms with Crippen LogP contribution in [0.15, 0.2) is 36.7 Å². The van der Waals surface area contributed by atoms with E-state index in [1.807, 2.05) is 23.4 Å². The van der Waals surface area contributed by atoms with Crippen LogP contribution >= 0.6 is 0 Å². The third-order valence-electron chi connectivity index (χ3n) is 3.98. The van der Waals surface area contributed by atoms with Crippen molar-refractivity contribution in [3.8, 4) is 0 Å². The maximum Gasteiger partial charge on any atom is 0.219 e. The van der Waals surface area contributed by atoms with E-state index in [4.69, 9.17) is 0 Å². The molecule has 1 amide bonds. The number of amides is 1. The summed E-state index contributed by atoms with van der Waals surface area (Å²) < 4.78 is 0. The number of aromatic nitrogens is 1. The Kier molecular flexibility index (Phi) is 3.54. The molecule has 3 rings (SSSR count). The van der Waals surface area contributed by atoms with Gasteiger partial charge >= 0.3 is 0 Å². The van der Waals surface area contributed by atoms with E-state index in [9.17, 15) is 4.79 Å². The average molecular weight is 269 g/mol. The maximum absolute atomic E-state index is 11.3. The molecule has 1 aromatic carbocycles. The Bertz CT molecular complexity index is 613. The minimum absolute atomic E-state index is 0.179. The number of carbonyl (C=O) groups excluding carboxylic acids is 1. The zero-order chi connectivity index (χ0) is 13.9. The predicted octanol–water partition coefficient (Wildman–Crippen LogP) is 2.66. The molecule has 0 radical (unpaired) electrons. The molecule has 0 aliphatic carbocycles. The van der Waals surface area contributed by atoms with Crippen LogP contribution in [-0.2, 0) is 4.79 Å². The van der Waals surface area contributed by atoms with Crippen molar-refractivity contribution in [3.05, 3.63) is 36.7 Å². The highest BCUT2D eigenvalue weighted by Crippen LogP contribution is 2.24. The minimum atomic E-state index is 0.179. The van der Waals surface area contributed by atoms with Gasteiger partial charge in [0, 0.05) is 49.5 Å². The lowest BCUT2D eigenvalue weighted by Crippen LogP contribution is -2.41. The zero-order valence-corrected chi connectivity index (χ0v) is 11.7. The molecule has 0 atom stereocenters. The summed E-state index contributed by atoms with van der Waals surface area (Å²) in [5.74, 6) is 0.179. The van der Waals surface area contributed by atoms with E-state index in [-0.39, 0.29) is 5.91 Å². The second-order valence-corrected chi connectivity index (χ2v) is 5.33. The summed E-state index contributed by atoms with van der Waals surface area (Å²) in [6.45, 7) is 3.33. The van der Waals surface area contributed by atoms with Crippen molar-refractivity contribution in [2.45, 2.75) is 25.8 Å². The first-order chi connectivity index (χ1) is 9.74. The molecule has 1 N–H and O–H groups in total. The zero-order valence-electron chi connectivity index (χ0n) is 11.7. The second-order valence-electron chi connectivity index (χ2n) is 5.33. The summed E-state index contributed by atoms with van der Waals surface area (Å²) >= 11 is 0. The Balaban J connectivity index is 1.73. The Hall–Kier alpha value is -2.10. The molecule has 1 aliphatic heterocycles. The van der Waals surface area contributed by atoms with Crippen LogP contribution in [-0.4, -0.2) is 34.9 Å².